The molecule has 1 aromatic rings. The van der Waals surface area contributed by atoms with E-state index in [-0.39, 0.29) is 34.2 Å². The van der Waals surface area contributed by atoms with Crippen molar-refractivity contribution in [2.75, 3.05) is 6.61 Å². The van der Waals surface area contributed by atoms with Crippen LogP contribution in [0.3, 0.4) is 0 Å². The summed E-state index contributed by atoms with van der Waals surface area (Å²) in [5.74, 6) is 0.474. The quantitative estimate of drug-likeness (QED) is 0.875. The van der Waals surface area contributed by atoms with Gasteiger partial charge in [-0.05, 0) is 37.2 Å². The molecule has 0 saturated heterocycles. The fraction of sp³-hybridized carbons (Fsp3) is 0.588. The Balaban J connectivity index is 1.68. The highest BCUT2D eigenvalue weighted by Gasteiger charge is 3.00. The summed E-state index contributed by atoms with van der Waals surface area (Å²) in [4.78, 5) is 12.1. The Morgan fingerprint density at radius 3 is 2.60 bits per heavy atom. The van der Waals surface area contributed by atoms with Gasteiger partial charge in [-0.1, -0.05) is 30.3 Å². The molecule has 4 fully saturated rings. The summed E-state index contributed by atoms with van der Waals surface area (Å²) in [6.45, 7) is 0.215. The zero-order valence-corrected chi connectivity index (χ0v) is 11.4. The molecule has 0 radical (unpaired) electrons. The lowest BCUT2D eigenvalue weighted by atomic mass is 9.03. The monoisotopic (exact) mass is 269 g/mol. The number of hydrogen-bond acceptors (Lipinski definition) is 2. The number of amides is 1. The van der Waals surface area contributed by atoms with Crippen molar-refractivity contribution in [3.8, 4) is 0 Å². The van der Waals surface area contributed by atoms with E-state index in [0.717, 1.165) is 25.7 Å². The van der Waals surface area contributed by atoms with Crippen molar-refractivity contribution in [1.82, 2.24) is 0 Å². The highest BCUT2D eigenvalue weighted by Crippen LogP contribution is 3.01. The zero-order valence-electron chi connectivity index (χ0n) is 11.4. The van der Waals surface area contributed by atoms with Crippen LogP contribution in [0, 0.1) is 22.2 Å². The van der Waals surface area contributed by atoms with Crippen LogP contribution in [0.4, 0.5) is 0 Å². The van der Waals surface area contributed by atoms with E-state index in [9.17, 15) is 9.90 Å². The van der Waals surface area contributed by atoms with Gasteiger partial charge in [0.2, 0.25) is 5.91 Å². The molecule has 1 amide bonds. The number of carbonyl (C=O) groups excluding carboxylic acids is 1. The fourth-order valence-electron chi connectivity index (χ4n) is 7.48. The Morgan fingerprint density at radius 1 is 1.25 bits per heavy atom. The summed E-state index contributed by atoms with van der Waals surface area (Å²) in [5, 5.41) is 9.93. The molecule has 3 heteroatoms. The van der Waals surface area contributed by atoms with E-state index in [1.807, 2.05) is 6.07 Å². The Morgan fingerprint density at radius 2 is 2.00 bits per heavy atom. The second-order valence-corrected chi connectivity index (χ2v) is 7.60. The van der Waals surface area contributed by atoms with Gasteiger partial charge in [-0.2, -0.15) is 0 Å². The van der Waals surface area contributed by atoms with Crippen molar-refractivity contribution >= 4 is 5.91 Å². The van der Waals surface area contributed by atoms with Gasteiger partial charge in [0.1, 0.15) is 0 Å². The first-order valence-electron chi connectivity index (χ1n) is 7.55. The van der Waals surface area contributed by atoms with E-state index in [1.165, 1.54) is 5.56 Å². The first kappa shape index (κ1) is 11.3. The molecule has 3 N–H and O–H groups in total. The molecule has 0 aromatic heterocycles. The Bertz CT molecular complexity index is 644. The second kappa shape index (κ2) is 2.82. The molecule has 3 nitrogen and oxygen atoms in total. The van der Waals surface area contributed by atoms with Crippen LogP contribution in [-0.2, 0) is 10.2 Å². The number of carbonyl (C=O) groups is 1. The van der Waals surface area contributed by atoms with Gasteiger partial charge in [0.15, 0.2) is 0 Å². The maximum absolute atomic E-state index is 12.1. The van der Waals surface area contributed by atoms with Crippen LogP contribution in [-0.4, -0.2) is 17.6 Å². The van der Waals surface area contributed by atoms with E-state index in [2.05, 4.69) is 24.3 Å². The van der Waals surface area contributed by atoms with Crippen LogP contribution in [0.15, 0.2) is 30.3 Å². The maximum atomic E-state index is 12.1. The summed E-state index contributed by atoms with van der Waals surface area (Å²) in [6.07, 6.45) is 3.98. The fourth-order valence-corrected chi connectivity index (χ4v) is 7.48. The lowest BCUT2D eigenvalue weighted by Gasteiger charge is -2.98. The minimum atomic E-state index is -0.313. The molecule has 0 heterocycles. The number of benzene rings is 1. The van der Waals surface area contributed by atoms with Crippen molar-refractivity contribution in [1.29, 1.82) is 0 Å². The van der Waals surface area contributed by atoms with E-state index in [4.69, 9.17) is 5.73 Å². The first-order chi connectivity index (χ1) is 9.59. The number of rotatable bonds is 3. The number of hydrogen-bond donors (Lipinski definition) is 2. The molecular formula is C17H19NO2. The van der Waals surface area contributed by atoms with E-state index < -0.39 is 0 Å². The molecule has 4 aliphatic carbocycles. The third-order valence-corrected chi connectivity index (χ3v) is 7.53. The van der Waals surface area contributed by atoms with Crippen molar-refractivity contribution < 1.29 is 9.90 Å². The Labute approximate surface area is 118 Å². The Hall–Kier alpha value is -1.35. The molecule has 1 aromatic carbocycles. The van der Waals surface area contributed by atoms with Gasteiger partial charge in [-0.3, -0.25) is 4.79 Å². The van der Waals surface area contributed by atoms with Gasteiger partial charge in [-0.15, -0.1) is 0 Å². The molecule has 0 bridgehead atoms. The van der Waals surface area contributed by atoms with Crippen molar-refractivity contribution in [2.24, 2.45) is 27.9 Å². The molecule has 4 aliphatic rings. The highest BCUT2D eigenvalue weighted by molar-refractivity contribution is 5.88. The largest absolute Gasteiger partial charge is 0.396 e. The molecule has 5 atom stereocenters. The summed E-state index contributed by atoms with van der Waals surface area (Å²) in [6, 6.07) is 10.6. The molecule has 5 rings (SSSR count). The average Bonchev–Trinajstić information content (AvgIpc) is 2.37. The molecule has 1 spiro atoms. The second-order valence-electron chi connectivity index (χ2n) is 7.60. The van der Waals surface area contributed by atoms with Crippen LogP contribution in [0.1, 0.15) is 31.2 Å². The third kappa shape index (κ3) is 0.694. The summed E-state index contributed by atoms with van der Waals surface area (Å²) in [5.41, 5.74) is 6.91. The predicted octanol–water partition coefficient (Wildman–Crippen LogP) is 1.59. The summed E-state index contributed by atoms with van der Waals surface area (Å²) in [7, 11) is 0. The normalized spacial score (nSPS) is 53.4. The van der Waals surface area contributed by atoms with Gasteiger partial charge in [0, 0.05) is 22.9 Å². The van der Waals surface area contributed by atoms with Gasteiger partial charge in [0.05, 0.1) is 5.41 Å². The number of aliphatic hydroxyl groups excluding tert-OH is 1. The Kier molecular flexibility index (Phi) is 1.60. The first-order valence-corrected chi connectivity index (χ1v) is 7.55. The van der Waals surface area contributed by atoms with E-state index in [0.29, 0.717) is 5.92 Å². The predicted molar refractivity (Wildman–Crippen MR) is 73.7 cm³/mol. The van der Waals surface area contributed by atoms with E-state index >= 15 is 0 Å². The topological polar surface area (TPSA) is 63.3 Å². The molecule has 5 unspecified atom stereocenters. The van der Waals surface area contributed by atoms with Gasteiger partial charge >= 0.3 is 0 Å². The molecule has 4 saturated carbocycles. The van der Waals surface area contributed by atoms with Crippen LogP contribution >= 0.6 is 0 Å². The van der Waals surface area contributed by atoms with Crippen molar-refractivity contribution in [2.45, 2.75) is 31.1 Å². The van der Waals surface area contributed by atoms with Gasteiger partial charge < -0.3 is 10.8 Å². The molecular weight excluding hydrogens is 250 g/mol. The molecule has 20 heavy (non-hydrogen) atoms. The SMILES string of the molecule is NC(=O)C12CC3CC4(CO)CC(c5ccccc5)(C1)C342. The third-order valence-electron chi connectivity index (χ3n) is 7.53. The minimum absolute atomic E-state index is 0.00502. The average molecular weight is 269 g/mol. The maximum Gasteiger partial charge on any atom is 0.224 e. The van der Waals surface area contributed by atoms with Crippen molar-refractivity contribution in [3.05, 3.63) is 35.9 Å². The zero-order chi connectivity index (χ0) is 13.8. The number of primary amides is 1. The van der Waals surface area contributed by atoms with E-state index in [1.54, 1.807) is 0 Å². The molecule has 104 valence electrons. The van der Waals surface area contributed by atoms with Crippen LogP contribution in [0.5, 0.6) is 0 Å². The van der Waals surface area contributed by atoms with Gasteiger partial charge in [-0.25, -0.2) is 0 Å². The lowest BCUT2D eigenvalue weighted by Crippen LogP contribution is -2.98. The van der Waals surface area contributed by atoms with Crippen LogP contribution < -0.4 is 5.73 Å². The standard InChI is InChI=1S/C17H19NO2/c18-13(20)15-7-12-6-14(10-19)8-16(9-15,17(12,14)15)11-4-2-1-3-5-11/h1-5,12,19H,6-10H2,(H2,18,20). The number of nitrogens with two attached hydrogens (primary N) is 1. The summed E-state index contributed by atoms with van der Waals surface area (Å²) >= 11 is 0. The van der Waals surface area contributed by atoms with Crippen LogP contribution in [0.25, 0.3) is 0 Å². The highest BCUT2D eigenvalue weighted by atomic mass is 16.3. The summed E-state index contributed by atoms with van der Waals surface area (Å²) < 4.78 is 0. The smallest absolute Gasteiger partial charge is 0.224 e. The minimum Gasteiger partial charge on any atom is -0.396 e. The van der Waals surface area contributed by atoms with Gasteiger partial charge in [0.25, 0.3) is 0 Å². The number of aliphatic hydroxyl groups is 1. The van der Waals surface area contributed by atoms with Crippen molar-refractivity contribution in [3.63, 3.8) is 0 Å². The molecule has 0 aliphatic heterocycles. The lowest BCUT2D eigenvalue weighted by molar-refractivity contribution is -0.481. The van der Waals surface area contributed by atoms with Crippen LogP contribution in [0.2, 0.25) is 0 Å².